The lowest BCUT2D eigenvalue weighted by atomic mass is 10.2. The third-order valence-corrected chi connectivity index (χ3v) is 7.37. The summed E-state index contributed by atoms with van der Waals surface area (Å²) in [5.74, 6) is 0.726. The Morgan fingerprint density at radius 2 is 1.94 bits per heavy atom. The topological polar surface area (TPSA) is 103 Å². The molecule has 11 heteroatoms. The SMILES string of the molecule is CCOc1cc(/C=N\NC(=O)c2cc3cc([N+](=O)[O-])ccc3s2)cc(Br)c1OCc1ccc(I)cc1. The number of amides is 1. The van der Waals surface area contributed by atoms with Crippen molar-refractivity contribution in [3.8, 4) is 11.5 Å². The van der Waals surface area contributed by atoms with Gasteiger partial charge in [0.1, 0.15) is 6.61 Å². The average molecular weight is 680 g/mol. The van der Waals surface area contributed by atoms with E-state index >= 15 is 0 Å². The number of fused-ring (bicyclic) bond motifs is 1. The summed E-state index contributed by atoms with van der Waals surface area (Å²) in [6.45, 7) is 2.72. The predicted molar refractivity (Wildman–Crippen MR) is 152 cm³/mol. The van der Waals surface area contributed by atoms with Crippen LogP contribution in [0, 0.1) is 13.7 Å². The fraction of sp³-hybridized carbons (Fsp3) is 0.120. The van der Waals surface area contributed by atoms with E-state index in [9.17, 15) is 14.9 Å². The number of carbonyl (C=O) groups is 1. The van der Waals surface area contributed by atoms with Gasteiger partial charge in [-0.05, 0) is 93.0 Å². The van der Waals surface area contributed by atoms with Gasteiger partial charge in [-0.3, -0.25) is 14.9 Å². The highest BCUT2D eigenvalue weighted by molar-refractivity contribution is 14.1. The van der Waals surface area contributed by atoms with E-state index in [2.05, 4.69) is 49.0 Å². The maximum Gasteiger partial charge on any atom is 0.281 e. The van der Waals surface area contributed by atoms with Crippen molar-refractivity contribution in [3.63, 3.8) is 0 Å². The first-order valence-electron chi connectivity index (χ1n) is 10.7. The molecule has 1 heterocycles. The summed E-state index contributed by atoms with van der Waals surface area (Å²) >= 11 is 7.04. The van der Waals surface area contributed by atoms with Crippen LogP contribution >= 0.6 is 49.9 Å². The van der Waals surface area contributed by atoms with Crippen LogP contribution in [-0.2, 0) is 6.61 Å². The summed E-state index contributed by atoms with van der Waals surface area (Å²) in [5.41, 5.74) is 4.21. The minimum Gasteiger partial charge on any atom is -0.490 e. The van der Waals surface area contributed by atoms with Gasteiger partial charge in [-0.1, -0.05) is 12.1 Å². The molecule has 4 aromatic rings. The number of nitro groups is 1. The Morgan fingerprint density at radius 3 is 2.67 bits per heavy atom. The molecular weight excluding hydrogens is 661 g/mol. The van der Waals surface area contributed by atoms with Gasteiger partial charge in [-0.2, -0.15) is 5.10 Å². The first-order valence-corrected chi connectivity index (χ1v) is 13.4. The van der Waals surface area contributed by atoms with Crippen molar-refractivity contribution < 1.29 is 19.2 Å². The molecule has 0 spiro atoms. The second-order valence-electron chi connectivity index (χ2n) is 7.47. The van der Waals surface area contributed by atoms with Gasteiger partial charge in [0, 0.05) is 25.8 Å². The van der Waals surface area contributed by atoms with Crippen LogP contribution in [0.3, 0.4) is 0 Å². The zero-order chi connectivity index (χ0) is 25.7. The number of rotatable bonds is 9. The maximum atomic E-state index is 12.6. The van der Waals surface area contributed by atoms with Crippen molar-refractivity contribution in [2.24, 2.45) is 5.10 Å². The summed E-state index contributed by atoms with van der Waals surface area (Å²) in [6, 6.07) is 17.8. The minimum atomic E-state index is -0.464. The largest absolute Gasteiger partial charge is 0.490 e. The van der Waals surface area contributed by atoms with E-state index in [1.165, 1.54) is 29.7 Å². The van der Waals surface area contributed by atoms with Crippen molar-refractivity contribution in [1.29, 1.82) is 0 Å². The molecule has 1 aromatic heterocycles. The molecule has 1 amide bonds. The number of hydrazone groups is 1. The number of hydrogen-bond acceptors (Lipinski definition) is 7. The Kier molecular flexibility index (Phi) is 8.54. The number of hydrogen-bond donors (Lipinski definition) is 1. The zero-order valence-electron chi connectivity index (χ0n) is 18.9. The molecule has 0 saturated heterocycles. The Bertz CT molecular complexity index is 1460. The van der Waals surface area contributed by atoms with E-state index in [0.717, 1.165) is 13.8 Å². The number of thiophene rings is 1. The molecule has 4 rings (SSSR count). The van der Waals surface area contributed by atoms with Crippen LogP contribution < -0.4 is 14.9 Å². The Morgan fingerprint density at radius 1 is 1.17 bits per heavy atom. The van der Waals surface area contributed by atoms with Gasteiger partial charge in [-0.15, -0.1) is 11.3 Å². The van der Waals surface area contributed by atoms with Crippen LogP contribution in [-0.4, -0.2) is 23.7 Å². The summed E-state index contributed by atoms with van der Waals surface area (Å²) in [4.78, 5) is 23.5. The van der Waals surface area contributed by atoms with Crippen molar-refractivity contribution in [2.45, 2.75) is 13.5 Å². The summed E-state index contributed by atoms with van der Waals surface area (Å²) < 4.78 is 14.4. The number of nitro benzene ring substituents is 1. The minimum absolute atomic E-state index is 0.0214. The molecule has 8 nitrogen and oxygen atoms in total. The quantitative estimate of drug-likeness (QED) is 0.0896. The van der Waals surface area contributed by atoms with Crippen molar-refractivity contribution in [2.75, 3.05) is 6.61 Å². The van der Waals surface area contributed by atoms with E-state index in [1.807, 2.05) is 37.3 Å². The molecule has 0 radical (unpaired) electrons. The number of benzene rings is 3. The van der Waals surface area contributed by atoms with Gasteiger partial charge in [0.05, 0.1) is 27.1 Å². The second kappa shape index (κ2) is 11.8. The first kappa shape index (κ1) is 26.0. The zero-order valence-corrected chi connectivity index (χ0v) is 23.4. The van der Waals surface area contributed by atoms with Crippen LogP contribution in [0.1, 0.15) is 27.7 Å². The Balaban J connectivity index is 1.46. The molecule has 0 bridgehead atoms. The molecule has 0 saturated carbocycles. The summed E-state index contributed by atoms with van der Waals surface area (Å²) in [5, 5.41) is 15.7. The maximum absolute atomic E-state index is 12.6. The molecule has 0 atom stereocenters. The molecular formula is C25H19BrIN3O5S. The Hall–Kier alpha value is -3.03. The van der Waals surface area contributed by atoms with E-state index in [4.69, 9.17) is 9.47 Å². The highest BCUT2D eigenvalue weighted by Gasteiger charge is 2.14. The van der Waals surface area contributed by atoms with E-state index in [1.54, 1.807) is 18.2 Å². The average Bonchev–Trinajstić information content (AvgIpc) is 3.28. The van der Waals surface area contributed by atoms with Crippen molar-refractivity contribution in [3.05, 3.63) is 94.8 Å². The predicted octanol–water partition coefficient (Wildman–Crippen LogP) is 6.92. The van der Waals surface area contributed by atoms with Crippen LogP contribution in [0.4, 0.5) is 5.69 Å². The molecule has 0 aliphatic rings. The monoisotopic (exact) mass is 679 g/mol. The second-order valence-corrected chi connectivity index (χ2v) is 10.7. The fourth-order valence-electron chi connectivity index (χ4n) is 3.28. The third kappa shape index (κ3) is 6.39. The third-order valence-electron chi connectivity index (χ3n) is 4.94. The smallest absolute Gasteiger partial charge is 0.281 e. The molecule has 36 heavy (non-hydrogen) atoms. The van der Waals surface area contributed by atoms with Crippen LogP contribution in [0.5, 0.6) is 11.5 Å². The normalized spacial score (nSPS) is 11.1. The molecule has 1 N–H and O–H groups in total. The van der Waals surface area contributed by atoms with Gasteiger partial charge in [0.2, 0.25) is 0 Å². The van der Waals surface area contributed by atoms with Gasteiger partial charge in [0.25, 0.3) is 11.6 Å². The number of halogens is 2. The number of carbonyl (C=O) groups excluding carboxylic acids is 1. The number of nitrogens with one attached hydrogen (secondary N) is 1. The molecule has 3 aromatic carbocycles. The molecule has 0 aliphatic carbocycles. The summed E-state index contributed by atoms with van der Waals surface area (Å²) in [7, 11) is 0. The van der Waals surface area contributed by atoms with Crippen molar-refractivity contribution >= 4 is 77.8 Å². The lowest BCUT2D eigenvalue weighted by molar-refractivity contribution is -0.384. The first-order chi connectivity index (χ1) is 17.3. The highest BCUT2D eigenvalue weighted by Crippen LogP contribution is 2.37. The standard InChI is InChI=1S/C25H19BrIN3O5S/c1-2-34-21-10-16(9-20(26)24(21)35-14-15-3-5-18(27)6-4-15)13-28-29-25(31)23-12-17-11-19(30(32)33)7-8-22(17)36-23/h3-13H,2,14H2,1H3,(H,29,31)/b28-13-. The number of nitrogens with zero attached hydrogens (tertiary/aromatic N) is 2. The van der Waals surface area contributed by atoms with Crippen molar-refractivity contribution in [1.82, 2.24) is 5.43 Å². The lowest BCUT2D eigenvalue weighted by Gasteiger charge is -2.14. The van der Waals surface area contributed by atoms with E-state index in [0.29, 0.717) is 45.0 Å². The number of non-ortho nitro benzene ring substituents is 1. The molecule has 0 unspecified atom stereocenters. The van der Waals surface area contributed by atoms with E-state index < -0.39 is 10.8 Å². The van der Waals surface area contributed by atoms with Gasteiger partial charge in [0.15, 0.2) is 11.5 Å². The fourth-order valence-corrected chi connectivity index (χ4v) is 5.15. The van der Waals surface area contributed by atoms with Gasteiger partial charge >= 0.3 is 0 Å². The van der Waals surface area contributed by atoms with E-state index in [-0.39, 0.29) is 5.69 Å². The molecule has 184 valence electrons. The molecule has 0 aliphatic heterocycles. The van der Waals surface area contributed by atoms with Gasteiger partial charge < -0.3 is 9.47 Å². The molecule has 0 fully saturated rings. The van der Waals surface area contributed by atoms with Crippen LogP contribution in [0.2, 0.25) is 0 Å². The van der Waals surface area contributed by atoms with Gasteiger partial charge in [-0.25, -0.2) is 5.43 Å². The Labute approximate surface area is 232 Å². The summed E-state index contributed by atoms with van der Waals surface area (Å²) in [6.07, 6.45) is 1.51. The lowest BCUT2D eigenvalue weighted by Crippen LogP contribution is -2.16. The highest BCUT2D eigenvalue weighted by atomic mass is 127. The number of ether oxygens (including phenoxy) is 2. The van der Waals surface area contributed by atoms with Crippen LogP contribution in [0.15, 0.2) is 70.2 Å². The van der Waals surface area contributed by atoms with Crippen LogP contribution in [0.25, 0.3) is 10.1 Å².